The van der Waals surface area contributed by atoms with Crippen molar-refractivity contribution in [2.24, 2.45) is 5.73 Å². The van der Waals surface area contributed by atoms with E-state index in [1.54, 1.807) is 6.20 Å². The third-order valence-electron chi connectivity index (χ3n) is 3.13. The third-order valence-corrected chi connectivity index (χ3v) is 4.78. The molecule has 2 heterocycles. The van der Waals surface area contributed by atoms with Gasteiger partial charge in [0.05, 0.1) is 17.0 Å². The van der Waals surface area contributed by atoms with Crippen LogP contribution < -0.4 is 5.73 Å². The van der Waals surface area contributed by atoms with Crippen LogP contribution in [0.1, 0.15) is 12.8 Å². The average Bonchev–Trinajstić information content (AvgIpc) is 2.72. The lowest BCUT2D eigenvalue weighted by molar-refractivity contribution is 0.238. The van der Waals surface area contributed by atoms with Crippen molar-refractivity contribution >= 4 is 9.84 Å². The van der Waals surface area contributed by atoms with E-state index in [4.69, 9.17) is 5.73 Å². The molecule has 2 N–H and O–H groups in total. The van der Waals surface area contributed by atoms with Gasteiger partial charge in [0, 0.05) is 18.9 Å². The Morgan fingerprint density at radius 2 is 2.07 bits per heavy atom. The Labute approximate surface area is 89.2 Å². The van der Waals surface area contributed by atoms with E-state index < -0.39 is 9.84 Å². The van der Waals surface area contributed by atoms with E-state index in [1.807, 2.05) is 16.9 Å². The van der Waals surface area contributed by atoms with Gasteiger partial charge in [0.1, 0.15) is 0 Å². The highest BCUT2D eigenvalue weighted by molar-refractivity contribution is 7.91. The molecule has 5 nitrogen and oxygen atoms in total. The van der Waals surface area contributed by atoms with Gasteiger partial charge >= 0.3 is 0 Å². The predicted octanol–water partition coefficient (Wildman–Crippen LogP) is -0.254. The fourth-order valence-corrected chi connectivity index (χ4v) is 3.58. The van der Waals surface area contributed by atoms with Crippen molar-refractivity contribution in [2.45, 2.75) is 18.4 Å². The maximum Gasteiger partial charge on any atom is 0.150 e. The molecular weight excluding hydrogens is 214 g/mol. The minimum atomic E-state index is -2.85. The summed E-state index contributed by atoms with van der Waals surface area (Å²) >= 11 is 0. The molecule has 2 rings (SSSR count). The quantitative estimate of drug-likeness (QED) is 0.758. The Morgan fingerprint density at radius 3 is 2.53 bits per heavy atom. The fourth-order valence-electron chi connectivity index (χ4n) is 1.99. The van der Waals surface area contributed by atoms with Crippen LogP contribution in [0.15, 0.2) is 18.5 Å². The molecule has 1 saturated heterocycles. The Kier molecular flexibility index (Phi) is 2.56. The van der Waals surface area contributed by atoms with Gasteiger partial charge in [0.15, 0.2) is 9.84 Å². The zero-order chi connectivity index (χ0) is 10.9. The number of rotatable bonds is 2. The average molecular weight is 229 g/mol. The molecule has 1 aliphatic rings. The van der Waals surface area contributed by atoms with E-state index in [2.05, 4.69) is 5.10 Å². The summed E-state index contributed by atoms with van der Waals surface area (Å²) in [6.07, 6.45) is 4.67. The summed E-state index contributed by atoms with van der Waals surface area (Å²) in [5.41, 5.74) is 5.47. The van der Waals surface area contributed by atoms with E-state index >= 15 is 0 Å². The van der Waals surface area contributed by atoms with E-state index in [-0.39, 0.29) is 17.0 Å². The van der Waals surface area contributed by atoms with Crippen LogP contribution in [0.5, 0.6) is 0 Å². The zero-order valence-electron chi connectivity index (χ0n) is 8.46. The minimum Gasteiger partial charge on any atom is -0.328 e. The van der Waals surface area contributed by atoms with Gasteiger partial charge in [-0.3, -0.25) is 4.68 Å². The second-order valence-corrected chi connectivity index (χ2v) is 6.33. The molecule has 0 saturated carbocycles. The molecule has 0 bridgehead atoms. The van der Waals surface area contributed by atoms with Crippen molar-refractivity contribution in [3.8, 4) is 0 Å². The van der Waals surface area contributed by atoms with Gasteiger partial charge in [-0.25, -0.2) is 8.42 Å². The number of nitrogens with zero attached hydrogens (tertiary/aromatic N) is 2. The molecule has 0 aromatic carbocycles. The Balaban J connectivity index is 2.26. The van der Waals surface area contributed by atoms with Gasteiger partial charge in [0.2, 0.25) is 0 Å². The molecule has 1 aromatic heterocycles. The van der Waals surface area contributed by atoms with Crippen LogP contribution in [0.25, 0.3) is 0 Å². The van der Waals surface area contributed by atoms with Crippen LogP contribution in [0.3, 0.4) is 0 Å². The van der Waals surface area contributed by atoms with Gasteiger partial charge in [-0.1, -0.05) is 0 Å². The highest BCUT2D eigenvalue weighted by Gasteiger charge is 2.38. The van der Waals surface area contributed by atoms with Gasteiger partial charge in [-0.15, -0.1) is 0 Å². The van der Waals surface area contributed by atoms with Crippen molar-refractivity contribution in [2.75, 3.05) is 18.1 Å². The Morgan fingerprint density at radius 1 is 1.40 bits per heavy atom. The van der Waals surface area contributed by atoms with Gasteiger partial charge in [0.25, 0.3) is 0 Å². The highest BCUT2D eigenvalue weighted by atomic mass is 32.2. The van der Waals surface area contributed by atoms with Crippen molar-refractivity contribution in [1.29, 1.82) is 0 Å². The lowest BCUT2D eigenvalue weighted by atomic mass is 9.93. The molecule has 0 spiro atoms. The van der Waals surface area contributed by atoms with E-state index in [0.29, 0.717) is 19.4 Å². The molecule has 84 valence electrons. The second-order valence-electron chi connectivity index (χ2n) is 4.03. The SMILES string of the molecule is NCC1(n2cccn2)CCS(=O)(=O)CC1. The summed E-state index contributed by atoms with van der Waals surface area (Å²) in [7, 11) is -2.85. The monoisotopic (exact) mass is 229 g/mol. The molecule has 15 heavy (non-hydrogen) atoms. The molecule has 6 heteroatoms. The zero-order valence-corrected chi connectivity index (χ0v) is 9.28. The van der Waals surface area contributed by atoms with Gasteiger partial charge in [-0.2, -0.15) is 5.10 Å². The van der Waals surface area contributed by atoms with Crippen LogP contribution in [-0.2, 0) is 15.4 Å². The minimum absolute atomic E-state index is 0.212. The molecule has 1 aliphatic heterocycles. The second kappa shape index (κ2) is 3.61. The normalized spacial score (nSPS) is 23.8. The number of hydrogen-bond acceptors (Lipinski definition) is 4. The first kappa shape index (κ1) is 10.6. The lowest BCUT2D eigenvalue weighted by Crippen LogP contribution is -2.47. The maximum atomic E-state index is 11.4. The number of sulfone groups is 1. The summed E-state index contributed by atoms with van der Waals surface area (Å²) in [5.74, 6) is 0.425. The summed E-state index contributed by atoms with van der Waals surface area (Å²) in [6, 6.07) is 1.83. The summed E-state index contributed by atoms with van der Waals surface area (Å²) in [5, 5.41) is 4.17. The van der Waals surface area contributed by atoms with Crippen LogP contribution in [0, 0.1) is 0 Å². The van der Waals surface area contributed by atoms with E-state index in [1.165, 1.54) is 0 Å². The summed E-state index contributed by atoms with van der Waals surface area (Å²) in [4.78, 5) is 0. The van der Waals surface area contributed by atoms with Crippen molar-refractivity contribution < 1.29 is 8.42 Å². The standard InChI is InChI=1S/C9H15N3O2S/c10-8-9(12-5-1-4-11-12)2-6-15(13,14)7-3-9/h1,4-5H,2-3,6-8,10H2. The van der Waals surface area contributed by atoms with Crippen LogP contribution >= 0.6 is 0 Å². The first-order chi connectivity index (χ1) is 7.08. The molecule has 0 aliphatic carbocycles. The smallest absolute Gasteiger partial charge is 0.150 e. The van der Waals surface area contributed by atoms with Crippen molar-refractivity contribution in [1.82, 2.24) is 9.78 Å². The molecule has 1 fully saturated rings. The Hall–Kier alpha value is -0.880. The number of hydrogen-bond donors (Lipinski definition) is 1. The first-order valence-electron chi connectivity index (χ1n) is 4.99. The van der Waals surface area contributed by atoms with Crippen molar-refractivity contribution in [3.63, 3.8) is 0 Å². The lowest BCUT2D eigenvalue weighted by Gasteiger charge is -2.36. The topological polar surface area (TPSA) is 78.0 Å². The number of nitrogens with two attached hydrogens (primary N) is 1. The van der Waals surface area contributed by atoms with E-state index in [0.717, 1.165) is 0 Å². The van der Waals surface area contributed by atoms with E-state index in [9.17, 15) is 8.42 Å². The molecular formula is C9H15N3O2S. The summed E-state index contributed by atoms with van der Waals surface area (Å²) in [6.45, 7) is 0.435. The summed E-state index contributed by atoms with van der Waals surface area (Å²) < 4.78 is 24.5. The molecule has 0 amide bonds. The Bertz CT molecular complexity index is 410. The van der Waals surface area contributed by atoms with Crippen LogP contribution in [0.2, 0.25) is 0 Å². The maximum absolute atomic E-state index is 11.4. The predicted molar refractivity (Wildman–Crippen MR) is 57.1 cm³/mol. The fraction of sp³-hybridized carbons (Fsp3) is 0.667. The van der Waals surface area contributed by atoms with Gasteiger partial charge in [-0.05, 0) is 18.9 Å². The molecule has 0 unspecified atom stereocenters. The largest absolute Gasteiger partial charge is 0.328 e. The third kappa shape index (κ3) is 1.91. The highest BCUT2D eigenvalue weighted by Crippen LogP contribution is 2.29. The molecule has 1 aromatic rings. The van der Waals surface area contributed by atoms with Crippen molar-refractivity contribution in [3.05, 3.63) is 18.5 Å². The molecule has 0 radical (unpaired) electrons. The number of aromatic nitrogens is 2. The van der Waals surface area contributed by atoms with Gasteiger partial charge < -0.3 is 5.73 Å². The van der Waals surface area contributed by atoms with Crippen LogP contribution in [-0.4, -0.2) is 36.2 Å². The van der Waals surface area contributed by atoms with Crippen LogP contribution in [0.4, 0.5) is 0 Å². The molecule has 0 atom stereocenters. The first-order valence-corrected chi connectivity index (χ1v) is 6.81.